The molecule has 0 spiro atoms. The summed E-state index contributed by atoms with van der Waals surface area (Å²) in [6.45, 7) is 1.49. The fraction of sp³-hybridized carbons (Fsp3) is 0.115. The van der Waals surface area contributed by atoms with Gasteiger partial charge in [0.2, 0.25) is 0 Å². The van der Waals surface area contributed by atoms with E-state index in [0.717, 1.165) is 11.1 Å². The van der Waals surface area contributed by atoms with Crippen LogP contribution in [0.25, 0.3) is 22.1 Å². The van der Waals surface area contributed by atoms with E-state index in [-0.39, 0.29) is 0 Å². The first kappa shape index (κ1) is 21.8. The molecule has 1 N–H and O–H groups in total. The van der Waals surface area contributed by atoms with E-state index in [1.807, 2.05) is 30.3 Å². The van der Waals surface area contributed by atoms with Crippen molar-refractivity contribution >= 4 is 22.8 Å². The second kappa shape index (κ2) is 9.40. The number of fused-ring (bicyclic) bond motifs is 1. The van der Waals surface area contributed by atoms with E-state index in [9.17, 15) is 19.5 Å². The standard InChI is InChI=1S/C26H21NO6/c1-16(25(29)27-24(26(30)31)18-10-6-3-7-11-18)32-19-12-13-20-21(17-8-4-2-5-9-17)15-23(28)33-22(20)14-19/h2-16,24H,1H3,(H,27,29)(H,30,31)/p-1/t16-,24-/m1/s1. The molecule has 3 aromatic carbocycles. The van der Waals surface area contributed by atoms with Crippen LogP contribution in [0.3, 0.4) is 0 Å². The van der Waals surface area contributed by atoms with E-state index in [0.29, 0.717) is 22.3 Å². The maximum Gasteiger partial charge on any atom is 0.336 e. The quantitative estimate of drug-likeness (QED) is 0.441. The zero-order valence-corrected chi connectivity index (χ0v) is 17.7. The van der Waals surface area contributed by atoms with E-state index in [1.165, 1.54) is 19.1 Å². The number of rotatable bonds is 7. The number of hydrogen-bond donors (Lipinski definition) is 1. The molecular formula is C26H20NO6-. The molecule has 1 aromatic heterocycles. The van der Waals surface area contributed by atoms with Gasteiger partial charge in [-0.2, -0.15) is 0 Å². The first-order valence-corrected chi connectivity index (χ1v) is 10.3. The highest BCUT2D eigenvalue weighted by Crippen LogP contribution is 2.30. The number of carboxylic acid groups (broad SMARTS) is 1. The van der Waals surface area contributed by atoms with Gasteiger partial charge in [-0.15, -0.1) is 0 Å². The van der Waals surface area contributed by atoms with Crippen LogP contribution in [0.4, 0.5) is 0 Å². The van der Waals surface area contributed by atoms with Crippen LogP contribution in [0.2, 0.25) is 0 Å². The third-order valence-electron chi connectivity index (χ3n) is 5.14. The maximum atomic E-state index is 12.6. The summed E-state index contributed by atoms with van der Waals surface area (Å²) in [6, 6.07) is 22.7. The van der Waals surface area contributed by atoms with E-state index in [2.05, 4.69) is 5.32 Å². The van der Waals surface area contributed by atoms with Crippen LogP contribution in [0.5, 0.6) is 5.75 Å². The topological polar surface area (TPSA) is 109 Å². The number of ether oxygens (including phenoxy) is 1. The van der Waals surface area contributed by atoms with Crippen LogP contribution in [0.15, 0.2) is 94.1 Å². The molecule has 1 heterocycles. The predicted octanol–water partition coefficient (Wildman–Crippen LogP) is 2.83. The number of aliphatic carboxylic acids is 1. The minimum atomic E-state index is -1.43. The Morgan fingerprint density at radius 3 is 2.27 bits per heavy atom. The van der Waals surface area contributed by atoms with Gasteiger partial charge in [-0.05, 0) is 35.7 Å². The zero-order valence-electron chi connectivity index (χ0n) is 17.7. The first-order chi connectivity index (χ1) is 15.9. The highest BCUT2D eigenvalue weighted by atomic mass is 16.5. The van der Waals surface area contributed by atoms with Crippen molar-refractivity contribution in [3.8, 4) is 16.9 Å². The average Bonchev–Trinajstić information content (AvgIpc) is 2.82. The monoisotopic (exact) mass is 442 g/mol. The van der Waals surface area contributed by atoms with Gasteiger partial charge in [0.15, 0.2) is 6.10 Å². The van der Waals surface area contributed by atoms with Crippen molar-refractivity contribution in [3.05, 3.63) is 101 Å². The zero-order chi connectivity index (χ0) is 23.4. The smallest absolute Gasteiger partial charge is 0.336 e. The normalized spacial score (nSPS) is 12.6. The summed E-state index contributed by atoms with van der Waals surface area (Å²) in [5.74, 6) is -1.77. The van der Waals surface area contributed by atoms with E-state index >= 15 is 0 Å². The van der Waals surface area contributed by atoms with Gasteiger partial charge in [-0.1, -0.05) is 60.7 Å². The number of carboxylic acids is 1. The number of carbonyl (C=O) groups excluding carboxylic acids is 2. The van der Waals surface area contributed by atoms with Crippen LogP contribution in [-0.2, 0) is 9.59 Å². The van der Waals surface area contributed by atoms with Crippen molar-refractivity contribution in [2.24, 2.45) is 0 Å². The molecule has 0 saturated heterocycles. The third-order valence-corrected chi connectivity index (χ3v) is 5.14. The van der Waals surface area contributed by atoms with E-state index < -0.39 is 29.6 Å². The van der Waals surface area contributed by atoms with E-state index in [4.69, 9.17) is 9.15 Å². The highest BCUT2D eigenvalue weighted by Gasteiger charge is 2.21. The summed E-state index contributed by atoms with van der Waals surface area (Å²) in [5, 5.41) is 14.7. The Hall–Kier alpha value is -4.39. The van der Waals surface area contributed by atoms with Gasteiger partial charge in [0.05, 0.1) is 12.0 Å². The van der Waals surface area contributed by atoms with Crippen LogP contribution in [0, 0.1) is 0 Å². The van der Waals surface area contributed by atoms with Gasteiger partial charge in [0.1, 0.15) is 11.3 Å². The Kier molecular flexibility index (Phi) is 6.22. The molecule has 0 aliphatic rings. The SMILES string of the molecule is C[C@@H](Oc1ccc2c(-c3ccccc3)cc(=O)oc2c1)C(=O)N[C@@H](C(=O)[O-])c1ccccc1. The van der Waals surface area contributed by atoms with Gasteiger partial charge < -0.3 is 24.4 Å². The molecule has 7 heteroatoms. The fourth-order valence-electron chi connectivity index (χ4n) is 3.51. The Bertz CT molecular complexity index is 1350. The van der Waals surface area contributed by atoms with Gasteiger partial charge >= 0.3 is 5.63 Å². The van der Waals surface area contributed by atoms with Crippen molar-refractivity contribution < 1.29 is 23.8 Å². The number of carbonyl (C=O) groups is 2. The predicted molar refractivity (Wildman–Crippen MR) is 120 cm³/mol. The number of amides is 1. The van der Waals surface area contributed by atoms with Gasteiger partial charge in [0, 0.05) is 17.5 Å². The van der Waals surface area contributed by atoms with Gasteiger partial charge in [0.25, 0.3) is 5.91 Å². The molecule has 0 aliphatic carbocycles. The van der Waals surface area contributed by atoms with E-state index in [1.54, 1.807) is 42.5 Å². The summed E-state index contributed by atoms with van der Waals surface area (Å²) in [7, 11) is 0. The van der Waals surface area contributed by atoms with Crippen LogP contribution >= 0.6 is 0 Å². The molecule has 0 saturated carbocycles. The lowest BCUT2D eigenvalue weighted by molar-refractivity contribution is -0.308. The van der Waals surface area contributed by atoms with Crippen molar-refractivity contribution in [2.45, 2.75) is 19.1 Å². The number of nitrogens with one attached hydrogen (secondary N) is 1. The summed E-state index contributed by atoms with van der Waals surface area (Å²) < 4.78 is 11.0. The molecule has 2 atom stereocenters. The largest absolute Gasteiger partial charge is 0.548 e. The van der Waals surface area contributed by atoms with Crippen molar-refractivity contribution in [3.63, 3.8) is 0 Å². The van der Waals surface area contributed by atoms with Crippen LogP contribution in [-0.4, -0.2) is 18.0 Å². The van der Waals surface area contributed by atoms with Crippen LogP contribution in [0.1, 0.15) is 18.5 Å². The molecule has 33 heavy (non-hydrogen) atoms. The molecule has 4 rings (SSSR count). The second-order valence-electron chi connectivity index (χ2n) is 7.43. The van der Waals surface area contributed by atoms with Gasteiger partial charge in [-0.25, -0.2) is 4.79 Å². The Labute approximate surface area is 189 Å². The van der Waals surface area contributed by atoms with Crippen LogP contribution < -0.4 is 20.8 Å². The summed E-state index contributed by atoms with van der Waals surface area (Å²) in [5.41, 5.74) is 1.77. The Morgan fingerprint density at radius 2 is 1.61 bits per heavy atom. The summed E-state index contributed by atoms with van der Waals surface area (Å²) in [6.07, 6.45) is -1.02. The highest BCUT2D eigenvalue weighted by molar-refractivity contribution is 5.94. The summed E-state index contributed by atoms with van der Waals surface area (Å²) in [4.78, 5) is 36.2. The molecular weight excluding hydrogens is 422 g/mol. The molecule has 0 aliphatic heterocycles. The third kappa shape index (κ3) is 4.93. The Balaban J connectivity index is 1.55. The number of hydrogen-bond acceptors (Lipinski definition) is 6. The van der Waals surface area contributed by atoms with Gasteiger partial charge in [-0.3, -0.25) is 4.79 Å². The lowest BCUT2D eigenvalue weighted by Gasteiger charge is -2.22. The van der Waals surface area contributed by atoms with Crippen molar-refractivity contribution in [1.29, 1.82) is 0 Å². The molecule has 0 radical (unpaired) electrons. The fourth-order valence-corrected chi connectivity index (χ4v) is 3.51. The average molecular weight is 442 g/mol. The Morgan fingerprint density at radius 1 is 0.939 bits per heavy atom. The molecule has 0 bridgehead atoms. The summed E-state index contributed by atoms with van der Waals surface area (Å²) >= 11 is 0. The minimum Gasteiger partial charge on any atom is -0.548 e. The molecule has 166 valence electrons. The molecule has 1 amide bonds. The lowest BCUT2D eigenvalue weighted by atomic mass is 10.0. The van der Waals surface area contributed by atoms with Crippen molar-refractivity contribution in [1.82, 2.24) is 5.32 Å². The number of benzene rings is 3. The van der Waals surface area contributed by atoms with Crippen molar-refractivity contribution in [2.75, 3.05) is 0 Å². The molecule has 0 unspecified atom stereocenters. The molecule has 0 fully saturated rings. The molecule has 7 nitrogen and oxygen atoms in total. The minimum absolute atomic E-state index is 0.295. The molecule has 4 aromatic rings. The second-order valence-corrected chi connectivity index (χ2v) is 7.43. The maximum absolute atomic E-state index is 12.6. The lowest BCUT2D eigenvalue weighted by Crippen LogP contribution is -2.45. The first-order valence-electron chi connectivity index (χ1n) is 10.3.